The monoisotopic (exact) mass is 442 g/mol. The van der Waals surface area contributed by atoms with E-state index in [0.717, 1.165) is 31.2 Å². The number of phenols is 1. The van der Waals surface area contributed by atoms with Crippen LogP contribution in [0.5, 0.6) is 5.75 Å². The van der Waals surface area contributed by atoms with E-state index in [9.17, 15) is 14.7 Å². The topological polar surface area (TPSA) is 117 Å². The number of ether oxygens (including phenoxy) is 1. The molecule has 1 saturated carbocycles. The molecule has 1 aromatic carbocycles. The van der Waals surface area contributed by atoms with E-state index in [1.165, 1.54) is 0 Å². The molecule has 1 fully saturated rings. The van der Waals surface area contributed by atoms with E-state index in [1.807, 2.05) is 18.2 Å². The molecular formula is C24H30N2O6. The van der Waals surface area contributed by atoms with Gasteiger partial charge < -0.3 is 25.1 Å². The zero-order valence-corrected chi connectivity index (χ0v) is 18.1. The molecule has 0 spiro atoms. The Morgan fingerprint density at radius 3 is 2.75 bits per heavy atom. The van der Waals surface area contributed by atoms with Crippen LogP contribution in [0.1, 0.15) is 59.5 Å². The van der Waals surface area contributed by atoms with Crippen LogP contribution in [-0.2, 0) is 20.8 Å². The summed E-state index contributed by atoms with van der Waals surface area (Å²) in [4.78, 5) is 29.9. The summed E-state index contributed by atoms with van der Waals surface area (Å²) in [5, 5.41) is 25.7. The Balaban J connectivity index is 1.88. The van der Waals surface area contributed by atoms with Gasteiger partial charge in [0.25, 0.3) is 5.91 Å². The van der Waals surface area contributed by atoms with Gasteiger partial charge in [-0.2, -0.15) is 0 Å². The summed E-state index contributed by atoms with van der Waals surface area (Å²) in [7, 11) is 0. The molecule has 1 aliphatic carbocycles. The first-order valence-corrected chi connectivity index (χ1v) is 11.0. The fourth-order valence-electron chi connectivity index (χ4n) is 3.49. The van der Waals surface area contributed by atoms with Crippen molar-refractivity contribution in [3.8, 4) is 5.75 Å². The number of hydrogen-bond acceptors (Lipinski definition) is 7. The minimum Gasteiger partial charge on any atom is -0.508 e. The molecule has 1 aromatic rings. The third-order valence-electron chi connectivity index (χ3n) is 5.13. The molecule has 0 atom stereocenters. The van der Waals surface area contributed by atoms with Gasteiger partial charge in [-0.3, -0.25) is 4.79 Å². The van der Waals surface area contributed by atoms with E-state index in [-0.39, 0.29) is 37.8 Å². The number of rotatable bonds is 6. The third kappa shape index (κ3) is 7.23. The third-order valence-corrected chi connectivity index (χ3v) is 5.13. The number of phenolic OH excluding ortho intramolecular Hbond substituents is 1. The fraction of sp³-hybridized carbons (Fsp3) is 0.458. The number of carbonyl (C=O) groups excluding carboxylic acids is 2. The summed E-state index contributed by atoms with van der Waals surface area (Å²) in [6.45, 7) is -0.00696. The number of hydrogen-bond donors (Lipinski definition) is 3. The van der Waals surface area contributed by atoms with Gasteiger partial charge in [0.15, 0.2) is 6.61 Å². The van der Waals surface area contributed by atoms with Crippen LogP contribution >= 0.6 is 0 Å². The average molecular weight is 443 g/mol. The molecule has 0 radical (unpaired) electrons. The summed E-state index contributed by atoms with van der Waals surface area (Å²) in [5.74, 6) is -0.462. The van der Waals surface area contributed by atoms with Crippen LogP contribution in [0.3, 0.4) is 0 Å². The van der Waals surface area contributed by atoms with Crippen molar-refractivity contribution in [2.24, 2.45) is 5.16 Å². The van der Waals surface area contributed by atoms with E-state index in [1.54, 1.807) is 18.2 Å². The van der Waals surface area contributed by atoms with Crippen LogP contribution in [0.15, 0.2) is 41.6 Å². The second-order valence-corrected chi connectivity index (χ2v) is 7.83. The predicted octanol–water partition coefficient (Wildman–Crippen LogP) is 2.75. The van der Waals surface area contributed by atoms with E-state index in [2.05, 4.69) is 10.5 Å². The number of allylic oxidation sites excluding steroid dienone is 3. The van der Waals surface area contributed by atoms with E-state index >= 15 is 0 Å². The highest BCUT2D eigenvalue weighted by Crippen LogP contribution is 2.44. The van der Waals surface area contributed by atoms with Crippen molar-refractivity contribution in [2.45, 2.75) is 44.4 Å². The molecule has 0 unspecified atom stereocenters. The Hall–Kier alpha value is -3.13. The van der Waals surface area contributed by atoms with Gasteiger partial charge >= 0.3 is 5.97 Å². The zero-order valence-electron chi connectivity index (χ0n) is 18.1. The largest absolute Gasteiger partial charge is 0.508 e. The number of nitrogens with zero attached hydrogens (tertiary/aromatic N) is 1. The van der Waals surface area contributed by atoms with Crippen molar-refractivity contribution in [2.75, 3.05) is 26.4 Å². The highest BCUT2D eigenvalue weighted by atomic mass is 16.6. The van der Waals surface area contributed by atoms with Crippen molar-refractivity contribution >= 4 is 17.6 Å². The number of amides is 1. The molecule has 3 rings (SSSR count). The van der Waals surface area contributed by atoms with Crippen LogP contribution < -0.4 is 5.32 Å². The first-order valence-electron chi connectivity index (χ1n) is 11.0. The van der Waals surface area contributed by atoms with E-state index in [0.29, 0.717) is 29.9 Å². The molecule has 8 heteroatoms. The number of oxime groups is 1. The molecule has 1 amide bonds. The van der Waals surface area contributed by atoms with Gasteiger partial charge in [0.05, 0.1) is 24.5 Å². The Bertz CT molecular complexity index is 902. The lowest BCUT2D eigenvalue weighted by atomic mass is 9.93. The van der Waals surface area contributed by atoms with Gasteiger partial charge in [-0.1, -0.05) is 23.4 Å². The quantitative estimate of drug-likeness (QED) is 0.354. The number of esters is 1. The van der Waals surface area contributed by atoms with Crippen LogP contribution in [0.2, 0.25) is 0 Å². The molecule has 3 N–H and O–H groups in total. The van der Waals surface area contributed by atoms with Gasteiger partial charge in [0, 0.05) is 13.0 Å². The lowest BCUT2D eigenvalue weighted by Gasteiger charge is -2.15. The summed E-state index contributed by atoms with van der Waals surface area (Å²) < 4.78 is 5.52. The number of aliphatic hydroxyl groups excluding tert-OH is 1. The Labute approximate surface area is 187 Å². The smallest absolute Gasteiger partial charge is 0.338 e. The average Bonchev–Trinajstić information content (AvgIpc) is 3.60. The lowest BCUT2D eigenvalue weighted by Crippen LogP contribution is -2.29. The van der Waals surface area contributed by atoms with E-state index < -0.39 is 11.9 Å². The number of cyclic esters (lactones) is 1. The maximum absolute atomic E-state index is 13.0. The van der Waals surface area contributed by atoms with Crippen molar-refractivity contribution in [3.05, 3.63) is 53.1 Å². The Kier molecular flexibility index (Phi) is 8.86. The summed E-state index contributed by atoms with van der Waals surface area (Å²) in [5.41, 5.74) is 2.41. The molecule has 1 heterocycles. The zero-order chi connectivity index (χ0) is 22.8. The van der Waals surface area contributed by atoms with Crippen LogP contribution in [0.4, 0.5) is 0 Å². The van der Waals surface area contributed by atoms with Crippen molar-refractivity contribution in [1.29, 1.82) is 0 Å². The summed E-state index contributed by atoms with van der Waals surface area (Å²) >= 11 is 0. The molecule has 0 aromatic heterocycles. The molecule has 2 aliphatic rings. The molecule has 32 heavy (non-hydrogen) atoms. The van der Waals surface area contributed by atoms with Crippen molar-refractivity contribution in [1.82, 2.24) is 5.32 Å². The van der Waals surface area contributed by atoms with Gasteiger partial charge in [0.2, 0.25) is 0 Å². The van der Waals surface area contributed by atoms with Gasteiger partial charge in [-0.25, -0.2) is 4.79 Å². The Morgan fingerprint density at radius 2 is 1.97 bits per heavy atom. The van der Waals surface area contributed by atoms with E-state index in [4.69, 9.17) is 14.7 Å². The molecular weight excluding hydrogens is 412 g/mol. The van der Waals surface area contributed by atoms with Crippen molar-refractivity contribution in [3.63, 3.8) is 0 Å². The standard InChI is InChI=1S/C24H30N2O6/c27-11-10-25-22(29)16-32-26-19-7-5-3-1-2-4-6-12-31-24(30)23-18(13-19)14-20(28)15-21(23)17-8-9-17/h2,4-5,7,14-15,17,27-28H,1,3,6,8-13,16H2,(H,25,29)/b4-2+,7-5+,26-19-. The second kappa shape index (κ2) is 12.0. The minimum absolute atomic E-state index is 0.0927. The number of benzene rings is 1. The maximum atomic E-state index is 13.0. The fourth-order valence-corrected chi connectivity index (χ4v) is 3.49. The van der Waals surface area contributed by atoms with Crippen LogP contribution in [-0.4, -0.2) is 54.2 Å². The number of aromatic hydroxyl groups is 1. The lowest BCUT2D eigenvalue weighted by molar-refractivity contribution is -0.125. The molecule has 8 nitrogen and oxygen atoms in total. The summed E-state index contributed by atoms with van der Waals surface area (Å²) in [6.07, 6.45) is 12.3. The summed E-state index contributed by atoms with van der Waals surface area (Å²) in [6, 6.07) is 3.21. The molecule has 1 aliphatic heterocycles. The normalized spacial score (nSPS) is 20.5. The highest BCUT2D eigenvalue weighted by molar-refractivity contribution is 6.00. The second-order valence-electron chi connectivity index (χ2n) is 7.83. The molecule has 172 valence electrons. The molecule has 0 saturated heterocycles. The minimum atomic E-state index is -0.403. The molecule has 0 bridgehead atoms. The van der Waals surface area contributed by atoms with Crippen LogP contribution in [0, 0.1) is 0 Å². The first-order chi connectivity index (χ1) is 15.6. The maximum Gasteiger partial charge on any atom is 0.338 e. The SMILES string of the molecule is O=C(CO/N=C1/C=C/CC/C=C/CCOC(=O)c2c(cc(O)cc2C2CC2)C1)NCCO. The number of carbonyl (C=O) groups is 2. The van der Waals surface area contributed by atoms with Gasteiger partial charge in [-0.05, 0) is 67.4 Å². The highest BCUT2D eigenvalue weighted by Gasteiger charge is 2.31. The van der Waals surface area contributed by atoms with Crippen LogP contribution in [0.25, 0.3) is 0 Å². The van der Waals surface area contributed by atoms with Crippen molar-refractivity contribution < 1.29 is 29.4 Å². The predicted molar refractivity (Wildman–Crippen MR) is 120 cm³/mol. The number of nitrogens with one attached hydrogen (secondary N) is 1. The number of fused-ring (bicyclic) bond motifs is 1. The number of aliphatic hydroxyl groups is 1. The first kappa shape index (κ1) is 23.5. The Morgan fingerprint density at radius 1 is 1.19 bits per heavy atom. The van der Waals surface area contributed by atoms with Gasteiger partial charge in [0.1, 0.15) is 5.75 Å². The van der Waals surface area contributed by atoms with Gasteiger partial charge in [-0.15, -0.1) is 0 Å².